The van der Waals surface area contributed by atoms with Gasteiger partial charge in [0.15, 0.2) is 0 Å². The maximum Gasteiger partial charge on any atom is 0.227 e. The molecule has 0 aromatic heterocycles. The molecule has 1 amide bonds. The molecular weight excluding hydrogens is 240 g/mol. The van der Waals surface area contributed by atoms with Gasteiger partial charge in [-0.25, -0.2) is 0 Å². The summed E-state index contributed by atoms with van der Waals surface area (Å²) in [5, 5.41) is 16.6. The Hall–Kier alpha value is -0.610. The summed E-state index contributed by atoms with van der Waals surface area (Å²) in [6.45, 7) is 3.85. The Morgan fingerprint density at radius 3 is 2.84 bits per heavy atom. The summed E-state index contributed by atoms with van der Waals surface area (Å²) in [4.78, 5) is 12.6. The van der Waals surface area contributed by atoms with Gasteiger partial charge in [-0.15, -0.1) is 0 Å². The van der Waals surface area contributed by atoms with Crippen molar-refractivity contribution in [1.82, 2.24) is 10.6 Å². The third-order valence-electron chi connectivity index (χ3n) is 4.75. The van der Waals surface area contributed by atoms with E-state index < -0.39 is 0 Å². The molecule has 1 heterocycles. The first-order valence-electron chi connectivity index (χ1n) is 7.88. The summed E-state index contributed by atoms with van der Waals surface area (Å²) in [5.41, 5.74) is -0.235. The van der Waals surface area contributed by atoms with Crippen LogP contribution < -0.4 is 10.6 Å². The van der Waals surface area contributed by atoms with Crippen LogP contribution >= 0.6 is 0 Å². The molecule has 1 saturated carbocycles. The van der Waals surface area contributed by atoms with Crippen molar-refractivity contribution in [1.29, 1.82) is 0 Å². The zero-order valence-electron chi connectivity index (χ0n) is 12.1. The van der Waals surface area contributed by atoms with E-state index in [2.05, 4.69) is 17.6 Å². The van der Waals surface area contributed by atoms with E-state index in [9.17, 15) is 9.90 Å². The topological polar surface area (TPSA) is 61.4 Å². The van der Waals surface area contributed by atoms with Gasteiger partial charge in [0, 0.05) is 6.54 Å². The molecule has 4 heteroatoms. The second-order valence-electron chi connectivity index (χ2n) is 6.24. The highest BCUT2D eigenvalue weighted by Crippen LogP contribution is 2.32. The van der Waals surface area contributed by atoms with Crippen LogP contribution in [0.3, 0.4) is 0 Å². The van der Waals surface area contributed by atoms with Crippen molar-refractivity contribution in [3.63, 3.8) is 0 Å². The molecule has 2 fully saturated rings. The molecule has 3 unspecified atom stereocenters. The first-order valence-corrected chi connectivity index (χ1v) is 7.88. The van der Waals surface area contributed by atoms with Crippen molar-refractivity contribution >= 4 is 5.91 Å². The molecular formula is C15H28N2O2. The zero-order chi connectivity index (χ0) is 13.7. The number of rotatable bonds is 4. The Labute approximate surface area is 116 Å². The highest BCUT2D eigenvalue weighted by atomic mass is 16.3. The lowest BCUT2D eigenvalue weighted by atomic mass is 9.81. The molecule has 1 aliphatic heterocycles. The van der Waals surface area contributed by atoms with Crippen LogP contribution in [0.25, 0.3) is 0 Å². The van der Waals surface area contributed by atoms with Gasteiger partial charge < -0.3 is 15.7 Å². The van der Waals surface area contributed by atoms with Crippen LogP contribution in [0.1, 0.15) is 58.3 Å². The van der Waals surface area contributed by atoms with Crippen molar-refractivity contribution in [2.24, 2.45) is 5.41 Å². The van der Waals surface area contributed by atoms with Crippen LogP contribution in [0.4, 0.5) is 0 Å². The molecule has 0 spiro atoms. The van der Waals surface area contributed by atoms with E-state index >= 15 is 0 Å². The van der Waals surface area contributed by atoms with Crippen LogP contribution in [0.5, 0.6) is 0 Å². The monoisotopic (exact) mass is 268 g/mol. The number of carbonyl (C=O) groups excluding carboxylic acids is 1. The quantitative estimate of drug-likeness (QED) is 0.678. The number of hydrogen-bond donors (Lipinski definition) is 3. The number of aliphatic hydroxyl groups is 1. The number of nitrogens with one attached hydrogen (secondary N) is 2. The van der Waals surface area contributed by atoms with Crippen molar-refractivity contribution in [3.8, 4) is 0 Å². The fourth-order valence-electron chi connectivity index (χ4n) is 3.52. The molecule has 0 radical (unpaired) electrons. The number of hydrogen-bond acceptors (Lipinski definition) is 3. The third-order valence-corrected chi connectivity index (χ3v) is 4.75. The predicted molar refractivity (Wildman–Crippen MR) is 75.9 cm³/mol. The van der Waals surface area contributed by atoms with Crippen molar-refractivity contribution < 1.29 is 9.90 Å². The maximum absolute atomic E-state index is 12.6. The van der Waals surface area contributed by atoms with Gasteiger partial charge in [0.05, 0.1) is 17.6 Å². The highest BCUT2D eigenvalue weighted by molar-refractivity contribution is 5.83. The van der Waals surface area contributed by atoms with Gasteiger partial charge in [0.25, 0.3) is 0 Å². The standard InChI is InChI=1S/C15H28N2O2/c1-2-8-15(9-10-16-11-15)14(19)17-12-6-4-3-5-7-13(12)18/h12-13,16,18H,2-11H2,1H3,(H,17,19). The van der Waals surface area contributed by atoms with Crippen LogP contribution in [0, 0.1) is 5.41 Å². The Morgan fingerprint density at radius 2 is 2.16 bits per heavy atom. The summed E-state index contributed by atoms with van der Waals surface area (Å²) >= 11 is 0. The van der Waals surface area contributed by atoms with Gasteiger partial charge >= 0.3 is 0 Å². The highest BCUT2D eigenvalue weighted by Gasteiger charge is 2.41. The molecule has 3 N–H and O–H groups in total. The minimum atomic E-state index is -0.362. The van der Waals surface area contributed by atoms with E-state index in [4.69, 9.17) is 0 Å². The van der Waals surface area contributed by atoms with E-state index in [0.717, 1.165) is 58.0 Å². The zero-order valence-corrected chi connectivity index (χ0v) is 12.1. The van der Waals surface area contributed by atoms with Gasteiger partial charge in [-0.2, -0.15) is 0 Å². The molecule has 1 aliphatic carbocycles. The normalized spacial score (nSPS) is 35.9. The molecule has 0 aromatic carbocycles. The van der Waals surface area contributed by atoms with Crippen LogP contribution in [-0.2, 0) is 4.79 Å². The number of amides is 1. The minimum Gasteiger partial charge on any atom is -0.391 e. The lowest BCUT2D eigenvalue weighted by Crippen LogP contribution is -2.50. The summed E-state index contributed by atoms with van der Waals surface area (Å²) in [7, 11) is 0. The summed E-state index contributed by atoms with van der Waals surface area (Å²) < 4.78 is 0. The molecule has 0 aromatic rings. The molecule has 110 valence electrons. The van der Waals surface area contributed by atoms with Gasteiger partial charge in [-0.05, 0) is 32.2 Å². The molecule has 0 bridgehead atoms. The lowest BCUT2D eigenvalue weighted by molar-refractivity contribution is -0.132. The van der Waals surface area contributed by atoms with Crippen LogP contribution in [-0.4, -0.2) is 36.2 Å². The Balaban J connectivity index is 1.97. The largest absolute Gasteiger partial charge is 0.391 e. The van der Waals surface area contributed by atoms with Crippen molar-refractivity contribution in [2.75, 3.05) is 13.1 Å². The number of carbonyl (C=O) groups is 1. The van der Waals surface area contributed by atoms with Crippen LogP contribution in [0.15, 0.2) is 0 Å². The van der Waals surface area contributed by atoms with Crippen molar-refractivity contribution in [3.05, 3.63) is 0 Å². The van der Waals surface area contributed by atoms with Gasteiger partial charge in [-0.3, -0.25) is 4.79 Å². The molecule has 2 rings (SSSR count). The predicted octanol–water partition coefficient (Wildman–Crippen LogP) is 1.58. The second kappa shape index (κ2) is 6.71. The van der Waals surface area contributed by atoms with Crippen molar-refractivity contribution in [2.45, 2.75) is 70.4 Å². The third kappa shape index (κ3) is 3.48. The smallest absolute Gasteiger partial charge is 0.227 e. The minimum absolute atomic E-state index is 0.0377. The average molecular weight is 268 g/mol. The van der Waals surface area contributed by atoms with Gasteiger partial charge in [-0.1, -0.05) is 32.6 Å². The van der Waals surface area contributed by atoms with E-state index in [1.165, 1.54) is 6.42 Å². The SMILES string of the molecule is CCCC1(C(=O)NC2CCCCCC2O)CCNC1. The maximum atomic E-state index is 12.6. The Bertz CT molecular complexity index is 301. The molecule has 4 nitrogen and oxygen atoms in total. The number of aliphatic hydroxyl groups excluding tert-OH is 1. The molecule has 1 saturated heterocycles. The molecule has 2 aliphatic rings. The van der Waals surface area contributed by atoms with Crippen LogP contribution in [0.2, 0.25) is 0 Å². The molecule has 3 atom stereocenters. The Morgan fingerprint density at radius 1 is 1.37 bits per heavy atom. The first kappa shape index (κ1) is 14.8. The average Bonchev–Trinajstić information content (AvgIpc) is 2.78. The van der Waals surface area contributed by atoms with E-state index in [1.807, 2.05) is 0 Å². The summed E-state index contributed by atoms with van der Waals surface area (Å²) in [5.74, 6) is 0.158. The first-order chi connectivity index (χ1) is 9.18. The summed E-state index contributed by atoms with van der Waals surface area (Å²) in [6.07, 6.45) is 7.64. The molecule has 19 heavy (non-hydrogen) atoms. The van der Waals surface area contributed by atoms with E-state index in [1.54, 1.807) is 0 Å². The lowest BCUT2D eigenvalue weighted by Gasteiger charge is -2.30. The Kier molecular flexibility index (Phi) is 5.22. The van der Waals surface area contributed by atoms with Gasteiger partial charge in [0.1, 0.15) is 0 Å². The van der Waals surface area contributed by atoms with E-state index in [-0.39, 0.29) is 23.5 Å². The second-order valence-corrected chi connectivity index (χ2v) is 6.24. The van der Waals surface area contributed by atoms with Gasteiger partial charge in [0.2, 0.25) is 5.91 Å². The summed E-state index contributed by atoms with van der Waals surface area (Å²) in [6, 6.07) is -0.0377. The van der Waals surface area contributed by atoms with E-state index in [0.29, 0.717) is 0 Å². The fourth-order valence-corrected chi connectivity index (χ4v) is 3.52. The fraction of sp³-hybridized carbons (Fsp3) is 0.933.